The minimum atomic E-state index is 0.660. The Morgan fingerprint density at radius 2 is 2.00 bits per heavy atom. The molecule has 1 heterocycles. The molecule has 0 saturated carbocycles. The first-order chi connectivity index (χ1) is 8.25. The number of halogens is 1. The van der Waals surface area contributed by atoms with Crippen molar-refractivity contribution in [1.29, 1.82) is 0 Å². The molecule has 0 aromatic heterocycles. The summed E-state index contributed by atoms with van der Waals surface area (Å²) in [6.45, 7) is 8.08. The third-order valence-corrected chi connectivity index (χ3v) is 3.67. The molecule has 17 heavy (non-hydrogen) atoms. The van der Waals surface area contributed by atoms with Gasteiger partial charge < -0.3 is 10.2 Å². The van der Waals surface area contributed by atoms with Gasteiger partial charge in [-0.1, -0.05) is 36.7 Å². The minimum absolute atomic E-state index is 0.660. The van der Waals surface area contributed by atoms with Crippen molar-refractivity contribution in [2.24, 2.45) is 5.92 Å². The molecule has 1 fully saturated rings. The second kappa shape index (κ2) is 6.39. The maximum atomic E-state index is 6.19. The van der Waals surface area contributed by atoms with Crippen LogP contribution >= 0.6 is 11.6 Å². The average molecular weight is 253 g/mol. The molecule has 94 valence electrons. The van der Waals surface area contributed by atoms with Crippen LogP contribution in [0.5, 0.6) is 0 Å². The van der Waals surface area contributed by atoms with Gasteiger partial charge in [0.2, 0.25) is 0 Å². The zero-order valence-electron chi connectivity index (χ0n) is 10.5. The monoisotopic (exact) mass is 252 g/mol. The molecule has 1 aliphatic heterocycles. The van der Waals surface area contributed by atoms with Gasteiger partial charge in [0.25, 0.3) is 0 Å². The van der Waals surface area contributed by atoms with Gasteiger partial charge in [0.05, 0.1) is 0 Å². The van der Waals surface area contributed by atoms with Crippen LogP contribution in [0, 0.1) is 5.92 Å². The van der Waals surface area contributed by atoms with Gasteiger partial charge in [-0.05, 0) is 24.0 Å². The standard InChI is InChI=1S/C14H21ClN2/c1-12(11-17-8-6-16-7-9-17)10-13-4-2-3-5-14(13)15/h2-5,12,16H,6-11H2,1H3. The quantitative estimate of drug-likeness (QED) is 0.886. The van der Waals surface area contributed by atoms with E-state index in [2.05, 4.69) is 29.3 Å². The molecule has 1 N–H and O–H groups in total. The van der Waals surface area contributed by atoms with Crippen molar-refractivity contribution < 1.29 is 0 Å². The van der Waals surface area contributed by atoms with E-state index < -0.39 is 0 Å². The van der Waals surface area contributed by atoms with Crippen molar-refractivity contribution >= 4 is 11.6 Å². The fraction of sp³-hybridized carbons (Fsp3) is 0.571. The number of rotatable bonds is 4. The number of nitrogens with one attached hydrogen (secondary N) is 1. The summed E-state index contributed by atoms with van der Waals surface area (Å²) in [6.07, 6.45) is 1.07. The van der Waals surface area contributed by atoms with Crippen molar-refractivity contribution in [3.05, 3.63) is 34.9 Å². The highest BCUT2D eigenvalue weighted by molar-refractivity contribution is 6.31. The van der Waals surface area contributed by atoms with E-state index in [0.717, 1.165) is 24.5 Å². The Labute approximate surface area is 109 Å². The molecule has 0 amide bonds. The first-order valence-electron chi connectivity index (χ1n) is 6.42. The van der Waals surface area contributed by atoms with Crippen LogP contribution in [-0.2, 0) is 6.42 Å². The summed E-state index contributed by atoms with van der Waals surface area (Å²) < 4.78 is 0. The van der Waals surface area contributed by atoms with E-state index in [1.165, 1.54) is 25.2 Å². The van der Waals surface area contributed by atoms with E-state index in [0.29, 0.717) is 5.92 Å². The van der Waals surface area contributed by atoms with E-state index in [1.807, 2.05) is 12.1 Å². The van der Waals surface area contributed by atoms with Gasteiger partial charge in [-0.3, -0.25) is 0 Å². The second-order valence-electron chi connectivity index (χ2n) is 4.95. The maximum Gasteiger partial charge on any atom is 0.0438 e. The van der Waals surface area contributed by atoms with E-state index in [1.54, 1.807) is 0 Å². The third kappa shape index (κ3) is 3.98. The topological polar surface area (TPSA) is 15.3 Å². The fourth-order valence-corrected chi connectivity index (χ4v) is 2.65. The highest BCUT2D eigenvalue weighted by Crippen LogP contribution is 2.19. The Kier molecular flexibility index (Phi) is 4.84. The lowest BCUT2D eigenvalue weighted by Crippen LogP contribution is -2.45. The van der Waals surface area contributed by atoms with Crippen molar-refractivity contribution in [1.82, 2.24) is 10.2 Å². The molecule has 1 saturated heterocycles. The average Bonchev–Trinajstić information content (AvgIpc) is 2.33. The molecule has 1 aromatic rings. The molecule has 1 unspecified atom stereocenters. The predicted molar refractivity (Wildman–Crippen MR) is 73.6 cm³/mol. The van der Waals surface area contributed by atoms with E-state index in [4.69, 9.17) is 11.6 Å². The van der Waals surface area contributed by atoms with Gasteiger partial charge in [0.1, 0.15) is 0 Å². The molecule has 1 aromatic carbocycles. The van der Waals surface area contributed by atoms with Crippen LogP contribution in [-0.4, -0.2) is 37.6 Å². The highest BCUT2D eigenvalue weighted by Gasteiger charge is 2.14. The Hall–Kier alpha value is -0.570. The van der Waals surface area contributed by atoms with Crippen LogP contribution < -0.4 is 5.32 Å². The smallest absolute Gasteiger partial charge is 0.0438 e. The molecule has 3 heteroatoms. The molecule has 0 radical (unpaired) electrons. The summed E-state index contributed by atoms with van der Waals surface area (Å²) in [4.78, 5) is 2.54. The van der Waals surface area contributed by atoms with Gasteiger partial charge in [-0.25, -0.2) is 0 Å². The summed E-state index contributed by atoms with van der Waals surface area (Å²) in [6, 6.07) is 8.18. The first kappa shape index (κ1) is 12.9. The van der Waals surface area contributed by atoms with Crippen LogP contribution in [0.3, 0.4) is 0 Å². The van der Waals surface area contributed by atoms with Crippen LogP contribution in [0.4, 0.5) is 0 Å². The molecule has 0 spiro atoms. The normalized spacial score (nSPS) is 19.2. The Morgan fingerprint density at radius 1 is 1.29 bits per heavy atom. The fourth-order valence-electron chi connectivity index (χ4n) is 2.44. The Morgan fingerprint density at radius 3 is 2.71 bits per heavy atom. The van der Waals surface area contributed by atoms with Crippen LogP contribution in [0.25, 0.3) is 0 Å². The second-order valence-corrected chi connectivity index (χ2v) is 5.36. The van der Waals surface area contributed by atoms with E-state index in [-0.39, 0.29) is 0 Å². The van der Waals surface area contributed by atoms with Crippen LogP contribution in [0.2, 0.25) is 5.02 Å². The maximum absolute atomic E-state index is 6.19. The summed E-state index contributed by atoms with van der Waals surface area (Å²) in [5, 5.41) is 4.29. The van der Waals surface area contributed by atoms with Crippen molar-refractivity contribution in [2.75, 3.05) is 32.7 Å². The Bertz CT molecular complexity index is 348. The summed E-state index contributed by atoms with van der Waals surface area (Å²) in [5.74, 6) is 0.660. The third-order valence-electron chi connectivity index (χ3n) is 3.31. The van der Waals surface area contributed by atoms with Crippen LogP contribution in [0.1, 0.15) is 12.5 Å². The van der Waals surface area contributed by atoms with E-state index >= 15 is 0 Å². The zero-order valence-corrected chi connectivity index (χ0v) is 11.2. The summed E-state index contributed by atoms with van der Waals surface area (Å²) >= 11 is 6.19. The number of benzene rings is 1. The van der Waals surface area contributed by atoms with Crippen molar-refractivity contribution in [2.45, 2.75) is 13.3 Å². The van der Waals surface area contributed by atoms with Gasteiger partial charge >= 0.3 is 0 Å². The molecule has 0 bridgehead atoms. The van der Waals surface area contributed by atoms with Crippen LogP contribution in [0.15, 0.2) is 24.3 Å². The molecule has 2 nitrogen and oxygen atoms in total. The lowest BCUT2D eigenvalue weighted by atomic mass is 10.0. The molecule has 2 rings (SSSR count). The number of nitrogens with zero attached hydrogens (tertiary/aromatic N) is 1. The number of hydrogen-bond acceptors (Lipinski definition) is 2. The lowest BCUT2D eigenvalue weighted by Gasteiger charge is -2.29. The predicted octanol–water partition coefficient (Wildman–Crippen LogP) is 2.42. The van der Waals surface area contributed by atoms with Crippen molar-refractivity contribution in [3.8, 4) is 0 Å². The van der Waals surface area contributed by atoms with Crippen molar-refractivity contribution in [3.63, 3.8) is 0 Å². The summed E-state index contributed by atoms with van der Waals surface area (Å²) in [7, 11) is 0. The summed E-state index contributed by atoms with van der Waals surface area (Å²) in [5.41, 5.74) is 1.27. The van der Waals surface area contributed by atoms with Gasteiger partial charge in [-0.2, -0.15) is 0 Å². The molecular weight excluding hydrogens is 232 g/mol. The number of piperazine rings is 1. The van der Waals surface area contributed by atoms with Gasteiger partial charge in [-0.15, -0.1) is 0 Å². The zero-order chi connectivity index (χ0) is 12.1. The largest absolute Gasteiger partial charge is 0.314 e. The highest BCUT2D eigenvalue weighted by atomic mass is 35.5. The minimum Gasteiger partial charge on any atom is -0.314 e. The van der Waals surface area contributed by atoms with E-state index in [9.17, 15) is 0 Å². The van der Waals surface area contributed by atoms with Gasteiger partial charge in [0.15, 0.2) is 0 Å². The number of hydrogen-bond donors (Lipinski definition) is 1. The Balaban J connectivity index is 1.84. The molecule has 1 atom stereocenters. The molecule has 0 aliphatic carbocycles. The van der Waals surface area contributed by atoms with Gasteiger partial charge in [0, 0.05) is 37.7 Å². The molecule has 1 aliphatic rings. The first-order valence-corrected chi connectivity index (χ1v) is 6.80. The lowest BCUT2D eigenvalue weighted by molar-refractivity contribution is 0.211. The molecular formula is C14H21ClN2. The SMILES string of the molecule is CC(Cc1ccccc1Cl)CN1CCNCC1.